The second kappa shape index (κ2) is 9.22. The molecule has 2 aromatic heterocycles. The number of thiazole rings is 1. The lowest BCUT2D eigenvalue weighted by Gasteiger charge is -2.16. The van der Waals surface area contributed by atoms with Crippen LogP contribution < -0.4 is 20.3 Å². The molecule has 0 fully saturated rings. The van der Waals surface area contributed by atoms with E-state index in [0.29, 0.717) is 32.7 Å². The van der Waals surface area contributed by atoms with Gasteiger partial charge in [0, 0.05) is 26.3 Å². The van der Waals surface area contributed by atoms with Gasteiger partial charge in [-0.05, 0) is 42.5 Å². The molecule has 0 aliphatic carbocycles. The van der Waals surface area contributed by atoms with Crippen molar-refractivity contribution < 1.29 is 9.59 Å². The predicted molar refractivity (Wildman–Crippen MR) is 147 cm³/mol. The highest BCUT2D eigenvalue weighted by atomic mass is 79.9. The van der Waals surface area contributed by atoms with Gasteiger partial charge in [-0.15, -0.1) is 5.10 Å². The van der Waals surface area contributed by atoms with Gasteiger partial charge in [0.2, 0.25) is 10.9 Å². The smallest absolute Gasteiger partial charge is 0.291 e. The fourth-order valence-corrected chi connectivity index (χ4v) is 5.53. The second-order valence-corrected chi connectivity index (χ2v) is 10.5. The van der Waals surface area contributed by atoms with E-state index in [1.165, 1.54) is 9.42 Å². The van der Waals surface area contributed by atoms with Crippen LogP contribution in [-0.4, -0.2) is 33.0 Å². The summed E-state index contributed by atoms with van der Waals surface area (Å²) < 4.78 is 2.37. The van der Waals surface area contributed by atoms with Crippen LogP contribution in [0.4, 0.5) is 11.4 Å². The van der Waals surface area contributed by atoms with Crippen LogP contribution in [0.3, 0.4) is 0 Å². The maximum atomic E-state index is 13.6. The molecule has 3 heterocycles. The van der Waals surface area contributed by atoms with Crippen LogP contribution in [0.25, 0.3) is 21.9 Å². The zero-order valence-electron chi connectivity index (χ0n) is 18.8. The quantitative estimate of drug-likeness (QED) is 0.339. The van der Waals surface area contributed by atoms with E-state index in [-0.39, 0.29) is 22.6 Å². The number of hydrogen-bond donors (Lipinski definition) is 1. The number of hydrogen-bond acceptors (Lipinski definition) is 6. The van der Waals surface area contributed by atoms with E-state index in [1.54, 1.807) is 48.5 Å². The maximum absolute atomic E-state index is 13.6. The van der Waals surface area contributed by atoms with E-state index >= 15 is 0 Å². The summed E-state index contributed by atoms with van der Waals surface area (Å²) in [4.78, 5) is 46.0. The van der Waals surface area contributed by atoms with Crippen molar-refractivity contribution in [3.05, 3.63) is 103 Å². The van der Waals surface area contributed by atoms with Gasteiger partial charge in [0.25, 0.3) is 11.5 Å². The van der Waals surface area contributed by atoms with Crippen molar-refractivity contribution in [3.63, 3.8) is 0 Å². The summed E-state index contributed by atoms with van der Waals surface area (Å²) in [7, 11) is 0. The molecule has 37 heavy (non-hydrogen) atoms. The Morgan fingerprint density at radius 2 is 1.73 bits per heavy atom. The molecule has 2 amide bonds. The highest BCUT2D eigenvalue weighted by molar-refractivity contribution is 9.10. The number of nitrogens with one attached hydrogen (secondary N) is 1. The molecule has 3 aromatic carbocycles. The Labute approximate surface area is 226 Å². The SMILES string of the molecule is O=C(CN1C(=O)C(=c2sc3nc(-c4ccc(Br)cc4)nn3c2=O)c2ccccc21)Nc1ccc(Cl)cc1. The van der Waals surface area contributed by atoms with Crippen LogP contribution in [0, 0.1) is 0 Å². The van der Waals surface area contributed by atoms with Crippen LogP contribution in [0.15, 0.2) is 82.1 Å². The standard InChI is InChI=1S/C26H15BrClN5O3S/c27-15-7-5-14(6-8-15)23-30-26-33(31-23)25(36)22(37-26)21-18-3-1-2-4-19(18)32(24(21)35)13-20(34)29-17-11-9-16(28)10-12-17/h1-12H,13H2,(H,29,34). The number of aromatic nitrogens is 3. The average molecular weight is 593 g/mol. The molecule has 1 aliphatic heterocycles. The number of halogens is 2. The Morgan fingerprint density at radius 3 is 2.46 bits per heavy atom. The van der Waals surface area contributed by atoms with E-state index in [0.717, 1.165) is 21.4 Å². The summed E-state index contributed by atoms with van der Waals surface area (Å²) in [5.74, 6) is -0.385. The van der Waals surface area contributed by atoms with Crippen LogP contribution in [-0.2, 0) is 9.59 Å². The first kappa shape index (κ1) is 23.5. The van der Waals surface area contributed by atoms with Crippen LogP contribution in [0.1, 0.15) is 5.56 Å². The van der Waals surface area contributed by atoms with Crippen LogP contribution >= 0.6 is 38.9 Å². The van der Waals surface area contributed by atoms with Gasteiger partial charge in [0.05, 0.1) is 11.3 Å². The highest BCUT2D eigenvalue weighted by Gasteiger charge is 2.35. The number of rotatable bonds is 4. The fourth-order valence-electron chi connectivity index (χ4n) is 4.14. The van der Waals surface area contributed by atoms with Crippen molar-refractivity contribution >= 4 is 72.6 Å². The number of nitrogens with zero attached hydrogens (tertiary/aromatic N) is 4. The average Bonchev–Trinajstić information content (AvgIpc) is 3.52. The summed E-state index contributed by atoms with van der Waals surface area (Å²) in [5.41, 5.74) is 2.29. The van der Waals surface area contributed by atoms with Crippen molar-refractivity contribution in [2.45, 2.75) is 0 Å². The molecular weight excluding hydrogens is 578 g/mol. The van der Waals surface area contributed by atoms with E-state index < -0.39 is 11.5 Å². The molecule has 0 spiro atoms. The molecule has 6 rings (SSSR count). The lowest BCUT2D eigenvalue weighted by molar-refractivity contribution is -0.118. The first-order valence-electron chi connectivity index (χ1n) is 11.1. The number of anilines is 2. The van der Waals surface area contributed by atoms with Gasteiger partial charge in [-0.25, -0.2) is 0 Å². The molecule has 0 unspecified atom stereocenters. The number of carbonyl (C=O) groups is 2. The number of amides is 2. The summed E-state index contributed by atoms with van der Waals surface area (Å²) >= 11 is 10.4. The van der Waals surface area contributed by atoms with Crippen molar-refractivity contribution in [1.82, 2.24) is 14.6 Å². The zero-order valence-corrected chi connectivity index (χ0v) is 22.0. The molecule has 0 radical (unpaired) electrons. The molecule has 0 bridgehead atoms. The number of carbonyl (C=O) groups excluding carboxylic acids is 2. The second-order valence-electron chi connectivity index (χ2n) is 8.21. The minimum atomic E-state index is -0.429. The molecule has 8 nitrogen and oxygen atoms in total. The third-order valence-electron chi connectivity index (χ3n) is 5.84. The molecule has 1 N–H and O–H groups in total. The molecular formula is C26H15BrClN5O3S. The molecule has 11 heteroatoms. The Balaban J connectivity index is 1.38. The summed E-state index contributed by atoms with van der Waals surface area (Å²) in [5, 5.41) is 7.70. The monoisotopic (exact) mass is 591 g/mol. The first-order chi connectivity index (χ1) is 17.9. The van der Waals surface area contributed by atoms with Crippen LogP contribution in [0.2, 0.25) is 5.02 Å². The Morgan fingerprint density at radius 1 is 1.00 bits per heavy atom. The third-order valence-corrected chi connectivity index (χ3v) is 7.65. The minimum absolute atomic E-state index is 0.218. The van der Waals surface area contributed by atoms with Crippen molar-refractivity contribution in [2.24, 2.45) is 0 Å². The molecule has 0 atom stereocenters. The normalized spacial score (nSPS) is 14.3. The lowest BCUT2D eigenvalue weighted by Crippen LogP contribution is -2.37. The molecule has 0 saturated heterocycles. The molecule has 1 aliphatic rings. The predicted octanol–water partition coefficient (Wildman–Crippen LogP) is 4.14. The Bertz CT molecular complexity index is 1820. The Kier molecular flexibility index (Phi) is 5.86. The number of para-hydroxylation sites is 1. The van der Waals surface area contributed by atoms with E-state index in [9.17, 15) is 14.4 Å². The van der Waals surface area contributed by atoms with Crippen LogP contribution in [0.5, 0.6) is 0 Å². The van der Waals surface area contributed by atoms with Gasteiger partial charge in [0.15, 0.2) is 5.82 Å². The topological polar surface area (TPSA) is 96.7 Å². The van der Waals surface area contributed by atoms with Gasteiger partial charge in [-0.2, -0.15) is 9.50 Å². The lowest BCUT2D eigenvalue weighted by atomic mass is 10.1. The number of benzene rings is 3. The summed E-state index contributed by atoms with van der Waals surface area (Å²) in [6.07, 6.45) is 0. The van der Waals surface area contributed by atoms with E-state index in [2.05, 4.69) is 31.3 Å². The minimum Gasteiger partial charge on any atom is -0.325 e. The zero-order chi connectivity index (χ0) is 25.7. The van der Waals surface area contributed by atoms with Gasteiger partial charge >= 0.3 is 0 Å². The Hall–Kier alpha value is -3.86. The van der Waals surface area contributed by atoms with Gasteiger partial charge in [-0.3, -0.25) is 19.3 Å². The summed E-state index contributed by atoms with van der Waals surface area (Å²) in [6, 6.07) is 21.2. The largest absolute Gasteiger partial charge is 0.325 e. The van der Waals surface area contributed by atoms with E-state index in [1.807, 2.05) is 24.3 Å². The van der Waals surface area contributed by atoms with Crippen molar-refractivity contribution in [3.8, 4) is 11.4 Å². The van der Waals surface area contributed by atoms with Gasteiger partial charge in [-0.1, -0.05) is 69.2 Å². The van der Waals surface area contributed by atoms with Crippen molar-refractivity contribution in [2.75, 3.05) is 16.8 Å². The van der Waals surface area contributed by atoms with Gasteiger partial charge in [0.1, 0.15) is 11.1 Å². The van der Waals surface area contributed by atoms with Gasteiger partial charge < -0.3 is 5.32 Å². The maximum Gasteiger partial charge on any atom is 0.291 e. The third kappa shape index (κ3) is 4.22. The highest BCUT2D eigenvalue weighted by Crippen LogP contribution is 2.35. The summed E-state index contributed by atoms with van der Waals surface area (Å²) in [6.45, 7) is -0.218. The fraction of sp³-hybridized carbons (Fsp3) is 0.0385. The molecule has 0 saturated carbocycles. The first-order valence-corrected chi connectivity index (χ1v) is 13.0. The van der Waals surface area contributed by atoms with E-state index in [4.69, 9.17) is 11.6 Å². The molecule has 182 valence electrons. The molecule has 5 aromatic rings. The van der Waals surface area contributed by atoms with Crippen molar-refractivity contribution in [1.29, 1.82) is 0 Å². The number of fused-ring (bicyclic) bond motifs is 2.